The molecular weight excluding hydrogens is 432 g/mol. The van der Waals surface area contributed by atoms with Crippen LogP contribution in [0.4, 0.5) is 5.69 Å². The highest BCUT2D eigenvalue weighted by atomic mass is 35.5. The fourth-order valence-corrected chi connectivity index (χ4v) is 4.37. The molecule has 29 heavy (non-hydrogen) atoms. The van der Waals surface area contributed by atoms with Gasteiger partial charge < -0.3 is 9.88 Å². The van der Waals surface area contributed by atoms with Gasteiger partial charge >= 0.3 is 0 Å². The highest BCUT2D eigenvalue weighted by Gasteiger charge is 2.16. The summed E-state index contributed by atoms with van der Waals surface area (Å²) in [6.45, 7) is 2.81. The van der Waals surface area contributed by atoms with Crippen molar-refractivity contribution in [3.05, 3.63) is 47.5 Å². The third-order valence-electron chi connectivity index (χ3n) is 4.19. The van der Waals surface area contributed by atoms with E-state index in [1.807, 2.05) is 4.57 Å². The van der Waals surface area contributed by atoms with Gasteiger partial charge in [0.15, 0.2) is 5.16 Å². The molecule has 2 aromatic carbocycles. The number of nitrogens with two attached hydrogens (primary N) is 1. The highest BCUT2D eigenvalue weighted by molar-refractivity contribution is 7.99. The van der Waals surface area contributed by atoms with Gasteiger partial charge in [0, 0.05) is 17.3 Å². The maximum Gasteiger partial charge on any atom is 0.238 e. The van der Waals surface area contributed by atoms with Crippen molar-refractivity contribution in [3.63, 3.8) is 0 Å². The lowest BCUT2D eigenvalue weighted by atomic mass is 10.3. The molecule has 0 atom stereocenters. The number of benzene rings is 2. The van der Waals surface area contributed by atoms with E-state index < -0.39 is 10.0 Å². The van der Waals surface area contributed by atoms with Crippen LogP contribution in [-0.4, -0.2) is 29.6 Å². The molecule has 1 aromatic heterocycles. The van der Waals surface area contributed by atoms with Crippen LogP contribution >= 0.6 is 23.4 Å². The van der Waals surface area contributed by atoms with Gasteiger partial charge in [-0.25, -0.2) is 18.5 Å². The first kappa shape index (κ1) is 21.6. The zero-order chi connectivity index (χ0) is 21.0. The minimum absolute atomic E-state index is 0.0143. The Labute approximate surface area is 178 Å². The lowest BCUT2D eigenvalue weighted by Crippen LogP contribution is -2.14. The molecule has 0 aliphatic rings. The van der Waals surface area contributed by atoms with Crippen LogP contribution in [0.1, 0.15) is 19.8 Å². The number of primary sulfonamides is 1. The van der Waals surface area contributed by atoms with E-state index in [2.05, 4.69) is 17.2 Å². The predicted molar refractivity (Wildman–Crippen MR) is 117 cm³/mol. The Morgan fingerprint density at radius 3 is 2.76 bits per heavy atom. The van der Waals surface area contributed by atoms with E-state index in [9.17, 15) is 13.2 Å². The summed E-state index contributed by atoms with van der Waals surface area (Å²) in [5, 5.41) is 9.22. The average Bonchev–Trinajstić information content (AvgIpc) is 3.00. The minimum atomic E-state index is -3.81. The number of aromatic nitrogens is 2. The molecule has 0 fully saturated rings. The largest absolute Gasteiger partial charge is 0.325 e. The number of carbonyl (C=O) groups excluding carboxylic acids is 1. The summed E-state index contributed by atoms with van der Waals surface area (Å²) in [5.41, 5.74) is 1.97. The molecule has 1 amide bonds. The summed E-state index contributed by atoms with van der Waals surface area (Å²) >= 11 is 7.23. The Morgan fingerprint density at radius 2 is 2.07 bits per heavy atom. The first-order valence-corrected chi connectivity index (χ1v) is 11.9. The molecule has 3 aromatic rings. The Morgan fingerprint density at radius 1 is 1.28 bits per heavy atom. The van der Waals surface area contributed by atoms with E-state index in [0.29, 0.717) is 21.4 Å². The van der Waals surface area contributed by atoms with Crippen molar-refractivity contribution in [2.75, 3.05) is 11.1 Å². The monoisotopic (exact) mass is 452 g/mol. The van der Waals surface area contributed by atoms with Crippen LogP contribution in [0.5, 0.6) is 0 Å². The minimum Gasteiger partial charge on any atom is -0.325 e. The topological polar surface area (TPSA) is 107 Å². The summed E-state index contributed by atoms with van der Waals surface area (Å²) < 4.78 is 25.3. The Hall–Kier alpha value is -2.07. The number of imidazole rings is 1. The fourth-order valence-electron chi connectivity index (χ4n) is 2.80. The van der Waals surface area contributed by atoms with Gasteiger partial charge in [-0.2, -0.15) is 0 Å². The number of rotatable bonds is 8. The highest BCUT2D eigenvalue weighted by Crippen LogP contribution is 2.27. The van der Waals surface area contributed by atoms with E-state index in [1.165, 1.54) is 23.9 Å². The Bertz CT molecular complexity index is 1150. The maximum atomic E-state index is 12.3. The summed E-state index contributed by atoms with van der Waals surface area (Å²) in [4.78, 5) is 16.9. The lowest BCUT2D eigenvalue weighted by Gasteiger charge is -2.09. The molecule has 3 rings (SSSR count). The van der Waals surface area contributed by atoms with Crippen LogP contribution < -0.4 is 10.5 Å². The van der Waals surface area contributed by atoms with Crippen LogP contribution in [-0.2, 0) is 21.4 Å². The van der Waals surface area contributed by atoms with Crippen molar-refractivity contribution in [1.82, 2.24) is 9.55 Å². The van der Waals surface area contributed by atoms with Crippen molar-refractivity contribution in [2.45, 2.75) is 36.4 Å². The number of anilines is 1. The number of sulfonamides is 1. The number of aryl methyl sites for hydroxylation is 1. The van der Waals surface area contributed by atoms with Gasteiger partial charge in [0.2, 0.25) is 15.9 Å². The quantitative estimate of drug-likeness (QED) is 0.504. The molecule has 0 aliphatic heterocycles. The zero-order valence-corrected chi connectivity index (χ0v) is 18.1. The van der Waals surface area contributed by atoms with Gasteiger partial charge in [0.25, 0.3) is 0 Å². The van der Waals surface area contributed by atoms with Gasteiger partial charge in [0.1, 0.15) is 0 Å². The number of nitrogens with one attached hydrogen (secondary N) is 1. The van der Waals surface area contributed by atoms with Crippen LogP contribution in [0.25, 0.3) is 11.0 Å². The summed E-state index contributed by atoms with van der Waals surface area (Å²) in [6, 6.07) is 11.6. The maximum absolute atomic E-state index is 12.3. The van der Waals surface area contributed by atoms with Crippen LogP contribution in [0.3, 0.4) is 0 Å². The number of nitrogens with zero attached hydrogens (tertiary/aromatic N) is 2. The second-order valence-electron chi connectivity index (χ2n) is 6.44. The van der Waals surface area contributed by atoms with Gasteiger partial charge in [-0.15, -0.1) is 0 Å². The number of halogens is 1. The molecule has 154 valence electrons. The van der Waals surface area contributed by atoms with E-state index in [4.69, 9.17) is 16.7 Å². The number of fused-ring (bicyclic) bond motifs is 1. The average molecular weight is 453 g/mol. The van der Waals surface area contributed by atoms with Crippen LogP contribution in [0, 0.1) is 0 Å². The molecule has 0 saturated carbocycles. The summed E-state index contributed by atoms with van der Waals surface area (Å²) in [7, 11) is -3.81. The predicted octanol–water partition coefficient (Wildman–Crippen LogP) is 3.87. The first-order chi connectivity index (χ1) is 13.8. The fraction of sp³-hybridized carbons (Fsp3) is 0.263. The van der Waals surface area contributed by atoms with E-state index >= 15 is 0 Å². The van der Waals surface area contributed by atoms with Crippen molar-refractivity contribution < 1.29 is 13.2 Å². The van der Waals surface area contributed by atoms with Crippen molar-refractivity contribution in [2.24, 2.45) is 5.14 Å². The number of amides is 1. The molecule has 0 bridgehead atoms. The Kier molecular flexibility index (Phi) is 6.84. The van der Waals surface area contributed by atoms with E-state index in [1.54, 1.807) is 30.3 Å². The number of hydrogen-bond acceptors (Lipinski definition) is 5. The second kappa shape index (κ2) is 9.17. The molecule has 0 spiro atoms. The van der Waals surface area contributed by atoms with Gasteiger partial charge in [-0.05, 0) is 42.8 Å². The number of thioether (sulfide) groups is 1. The number of hydrogen-bond donors (Lipinski definition) is 2. The number of carbonyl (C=O) groups is 1. The molecule has 3 N–H and O–H groups in total. The van der Waals surface area contributed by atoms with Crippen molar-refractivity contribution in [3.8, 4) is 0 Å². The zero-order valence-electron chi connectivity index (χ0n) is 15.8. The molecule has 0 aliphatic carbocycles. The molecule has 0 unspecified atom stereocenters. The van der Waals surface area contributed by atoms with Gasteiger partial charge in [-0.1, -0.05) is 42.8 Å². The summed E-state index contributed by atoms with van der Waals surface area (Å²) in [5.74, 6) is -0.0270. The number of unbranched alkanes of at least 4 members (excludes halogenated alkanes) is 1. The molecular formula is C19H21ClN4O3S2. The first-order valence-electron chi connectivity index (χ1n) is 8.99. The summed E-state index contributed by atoms with van der Waals surface area (Å²) in [6.07, 6.45) is 1.93. The van der Waals surface area contributed by atoms with Crippen molar-refractivity contribution >= 4 is 56.0 Å². The second-order valence-corrected chi connectivity index (χ2v) is 9.38. The van der Waals surface area contributed by atoms with E-state index in [-0.39, 0.29) is 16.6 Å². The van der Waals surface area contributed by atoms with Gasteiger partial charge in [0.05, 0.1) is 21.7 Å². The van der Waals surface area contributed by atoms with Crippen LogP contribution in [0.15, 0.2) is 52.5 Å². The molecule has 7 nitrogen and oxygen atoms in total. The lowest BCUT2D eigenvalue weighted by molar-refractivity contribution is -0.113. The van der Waals surface area contributed by atoms with E-state index in [0.717, 1.165) is 24.9 Å². The standard InChI is InChI=1S/C19H21ClN4O3S2/c1-2-3-9-24-17-8-7-15(29(21,26)27)11-16(17)23-19(24)28-12-18(25)22-14-6-4-5-13(20)10-14/h4-8,10-11H,2-3,9,12H2,1H3,(H,22,25)(H2,21,26,27). The molecule has 10 heteroatoms. The smallest absolute Gasteiger partial charge is 0.238 e. The molecule has 0 radical (unpaired) electrons. The van der Waals surface area contributed by atoms with Gasteiger partial charge in [-0.3, -0.25) is 4.79 Å². The third kappa shape index (κ3) is 5.51. The third-order valence-corrected chi connectivity index (χ3v) is 6.31. The molecule has 1 heterocycles. The Balaban J connectivity index is 1.82. The van der Waals surface area contributed by atoms with Crippen LogP contribution in [0.2, 0.25) is 5.02 Å². The molecule has 0 saturated heterocycles. The SMILES string of the molecule is CCCCn1c(SCC(=O)Nc2cccc(Cl)c2)nc2cc(S(N)(=O)=O)ccc21. The van der Waals surface area contributed by atoms with Crippen molar-refractivity contribution in [1.29, 1.82) is 0 Å². The normalized spacial score (nSPS) is 11.7.